The van der Waals surface area contributed by atoms with Gasteiger partial charge in [0.2, 0.25) is 0 Å². The second-order valence-electron chi connectivity index (χ2n) is 4.54. The summed E-state index contributed by atoms with van der Waals surface area (Å²) in [5.74, 6) is 0. The number of unbranched alkanes of at least 4 members (excludes halogenated alkanes) is 2. The van der Waals surface area contributed by atoms with Crippen molar-refractivity contribution < 1.29 is 4.74 Å². The van der Waals surface area contributed by atoms with Gasteiger partial charge in [0.15, 0.2) is 5.11 Å². The van der Waals surface area contributed by atoms with Gasteiger partial charge in [0.25, 0.3) is 0 Å². The van der Waals surface area contributed by atoms with Gasteiger partial charge in [0, 0.05) is 13.7 Å². The van der Waals surface area contributed by atoms with E-state index < -0.39 is 0 Å². The first kappa shape index (κ1) is 16.0. The molecule has 5 heteroatoms. The molecule has 0 aromatic carbocycles. The molecule has 0 unspecified atom stereocenters. The van der Waals surface area contributed by atoms with E-state index in [2.05, 4.69) is 35.2 Å². The first-order chi connectivity index (χ1) is 9.27. The molecular formula is C14H25N3OS. The predicted octanol–water partition coefficient (Wildman–Crippen LogP) is 2.40. The number of rotatable bonds is 9. The van der Waals surface area contributed by atoms with Crippen LogP contribution < -0.4 is 16.2 Å². The Labute approximate surface area is 121 Å². The van der Waals surface area contributed by atoms with Gasteiger partial charge in [-0.3, -0.25) is 10.9 Å². The van der Waals surface area contributed by atoms with Crippen molar-refractivity contribution in [2.45, 2.75) is 39.0 Å². The zero-order valence-corrected chi connectivity index (χ0v) is 12.7. The van der Waals surface area contributed by atoms with Crippen LogP contribution in [0.4, 0.5) is 0 Å². The summed E-state index contributed by atoms with van der Waals surface area (Å²) in [4.78, 5) is 0. The number of thiocarbonyl (C=S) groups is 1. The normalized spacial score (nSPS) is 13.8. The van der Waals surface area contributed by atoms with E-state index in [4.69, 9.17) is 17.0 Å². The highest BCUT2D eigenvalue weighted by Gasteiger charge is 2.09. The highest BCUT2D eigenvalue weighted by molar-refractivity contribution is 7.80. The molecule has 0 bridgehead atoms. The second-order valence-corrected chi connectivity index (χ2v) is 4.95. The molecule has 0 aliphatic heterocycles. The lowest BCUT2D eigenvalue weighted by Crippen LogP contribution is -2.44. The molecule has 0 aromatic heterocycles. The molecule has 0 saturated heterocycles. The highest BCUT2D eigenvalue weighted by atomic mass is 32.1. The summed E-state index contributed by atoms with van der Waals surface area (Å²) in [5.41, 5.74) is 8.74. The van der Waals surface area contributed by atoms with E-state index in [-0.39, 0.29) is 0 Å². The van der Waals surface area contributed by atoms with E-state index >= 15 is 0 Å². The van der Waals surface area contributed by atoms with Crippen LogP contribution in [0.1, 0.15) is 39.0 Å². The van der Waals surface area contributed by atoms with Crippen molar-refractivity contribution in [3.05, 3.63) is 23.4 Å². The molecule has 0 spiro atoms. The van der Waals surface area contributed by atoms with E-state index in [1.54, 1.807) is 7.11 Å². The fraction of sp³-hybridized carbons (Fsp3) is 0.643. The summed E-state index contributed by atoms with van der Waals surface area (Å²) < 4.78 is 4.95. The molecule has 0 atom stereocenters. The Bertz CT molecular complexity index is 340. The van der Waals surface area contributed by atoms with Crippen LogP contribution in [0.3, 0.4) is 0 Å². The van der Waals surface area contributed by atoms with Crippen LogP contribution in [0.15, 0.2) is 23.4 Å². The van der Waals surface area contributed by atoms with Crippen LogP contribution in [0, 0.1) is 0 Å². The van der Waals surface area contributed by atoms with Gasteiger partial charge in [-0.1, -0.05) is 31.9 Å². The third-order valence-corrected chi connectivity index (χ3v) is 3.23. The number of allylic oxidation sites excluding steroid dienone is 3. The summed E-state index contributed by atoms with van der Waals surface area (Å²) in [7, 11) is 1.67. The van der Waals surface area contributed by atoms with Gasteiger partial charge in [0.1, 0.15) is 0 Å². The monoisotopic (exact) mass is 283 g/mol. The van der Waals surface area contributed by atoms with Crippen LogP contribution in [-0.4, -0.2) is 25.4 Å². The maximum absolute atomic E-state index is 5.16. The van der Waals surface area contributed by atoms with E-state index in [9.17, 15) is 0 Å². The van der Waals surface area contributed by atoms with Gasteiger partial charge in [-0.15, -0.1) is 0 Å². The molecule has 1 rings (SSSR count). The zero-order chi connectivity index (χ0) is 13.9. The minimum atomic E-state index is 0.595. The molecule has 0 amide bonds. The van der Waals surface area contributed by atoms with Crippen LogP contribution in [-0.2, 0) is 4.74 Å². The Kier molecular flexibility index (Phi) is 8.25. The van der Waals surface area contributed by atoms with Gasteiger partial charge in [-0.05, 0) is 37.1 Å². The minimum absolute atomic E-state index is 0.595. The van der Waals surface area contributed by atoms with Crippen LogP contribution in [0.5, 0.6) is 0 Å². The number of hydrogen-bond acceptors (Lipinski definition) is 3. The zero-order valence-electron chi connectivity index (χ0n) is 11.9. The average molecular weight is 283 g/mol. The van der Waals surface area contributed by atoms with Crippen molar-refractivity contribution in [2.24, 2.45) is 0 Å². The molecule has 0 radical (unpaired) electrons. The summed E-state index contributed by atoms with van der Waals surface area (Å²) in [6, 6.07) is 0. The van der Waals surface area contributed by atoms with Crippen LogP contribution >= 0.6 is 12.2 Å². The van der Waals surface area contributed by atoms with E-state index in [0.29, 0.717) is 18.3 Å². The Morgan fingerprint density at radius 2 is 2.21 bits per heavy atom. The van der Waals surface area contributed by atoms with Gasteiger partial charge < -0.3 is 10.1 Å². The van der Waals surface area contributed by atoms with Crippen molar-refractivity contribution in [2.75, 3.05) is 20.3 Å². The number of hydrazine groups is 1. The maximum atomic E-state index is 5.16. The van der Waals surface area contributed by atoms with Crippen LogP contribution in [0.25, 0.3) is 0 Å². The van der Waals surface area contributed by atoms with Crippen molar-refractivity contribution >= 4 is 17.3 Å². The fourth-order valence-electron chi connectivity index (χ4n) is 1.93. The van der Waals surface area contributed by atoms with Gasteiger partial charge in [-0.2, -0.15) is 0 Å². The summed E-state index contributed by atoms with van der Waals surface area (Å²) in [5, 5.41) is 3.66. The molecule has 0 saturated carbocycles. The summed E-state index contributed by atoms with van der Waals surface area (Å²) in [6.07, 6.45) is 10.4. The largest absolute Gasteiger partial charge is 0.383 e. The first-order valence-electron chi connectivity index (χ1n) is 6.96. The standard InChI is InChI=1S/C14H25N3OS/c1-3-4-5-7-12-8-6-9-13(12)16-17-14(19)15-10-11-18-2/h8-9,16H,3-7,10-11H2,1-2H3,(H2,15,17,19). The number of ether oxygens (including phenoxy) is 1. The van der Waals surface area contributed by atoms with Crippen LogP contribution in [0.2, 0.25) is 0 Å². The van der Waals surface area contributed by atoms with E-state index in [0.717, 1.165) is 18.5 Å². The predicted molar refractivity (Wildman–Crippen MR) is 83.7 cm³/mol. The smallest absolute Gasteiger partial charge is 0.185 e. The number of nitrogens with one attached hydrogen (secondary N) is 3. The molecule has 0 fully saturated rings. The van der Waals surface area contributed by atoms with Crippen molar-refractivity contribution in [1.29, 1.82) is 0 Å². The quantitative estimate of drug-likeness (QED) is 0.344. The molecule has 1 aliphatic rings. The lowest BCUT2D eigenvalue weighted by Gasteiger charge is -2.15. The SMILES string of the molecule is CCCCCC1=CCC=C1NNC(=S)NCCOC. The maximum Gasteiger partial charge on any atom is 0.185 e. The molecule has 3 N–H and O–H groups in total. The molecule has 19 heavy (non-hydrogen) atoms. The molecule has 1 aliphatic carbocycles. The molecule has 108 valence electrons. The van der Waals surface area contributed by atoms with Gasteiger partial charge in [-0.25, -0.2) is 0 Å². The van der Waals surface area contributed by atoms with Crippen molar-refractivity contribution in [3.63, 3.8) is 0 Å². The Morgan fingerprint density at radius 3 is 2.95 bits per heavy atom. The van der Waals surface area contributed by atoms with Gasteiger partial charge >= 0.3 is 0 Å². The van der Waals surface area contributed by atoms with E-state index in [1.165, 1.54) is 24.8 Å². The summed E-state index contributed by atoms with van der Waals surface area (Å²) in [6.45, 7) is 3.58. The van der Waals surface area contributed by atoms with Crippen molar-refractivity contribution in [3.8, 4) is 0 Å². The highest BCUT2D eigenvalue weighted by Crippen LogP contribution is 2.21. The Morgan fingerprint density at radius 1 is 1.37 bits per heavy atom. The summed E-state index contributed by atoms with van der Waals surface area (Å²) >= 11 is 5.16. The topological polar surface area (TPSA) is 45.3 Å². The molecule has 0 aromatic rings. The Balaban J connectivity index is 2.21. The number of hydrogen-bond donors (Lipinski definition) is 3. The average Bonchev–Trinajstić information content (AvgIpc) is 2.85. The minimum Gasteiger partial charge on any atom is -0.383 e. The van der Waals surface area contributed by atoms with E-state index in [1.807, 2.05) is 0 Å². The third-order valence-electron chi connectivity index (χ3n) is 2.98. The molecule has 4 nitrogen and oxygen atoms in total. The lowest BCUT2D eigenvalue weighted by atomic mass is 10.1. The fourth-order valence-corrected chi connectivity index (χ4v) is 2.08. The number of methoxy groups -OCH3 is 1. The lowest BCUT2D eigenvalue weighted by molar-refractivity contribution is 0.204. The Hall–Kier alpha value is -1.07. The van der Waals surface area contributed by atoms with Gasteiger partial charge in [0.05, 0.1) is 12.3 Å². The second kappa shape index (κ2) is 9.81. The van der Waals surface area contributed by atoms with Crippen molar-refractivity contribution in [1.82, 2.24) is 16.2 Å². The molecular weight excluding hydrogens is 258 g/mol. The first-order valence-corrected chi connectivity index (χ1v) is 7.37. The third kappa shape index (κ3) is 6.59. The molecule has 0 heterocycles.